The summed E-state index contributed by atoms with van der Waals surface area (Å²) < 4.78 is 0. The zero-order valence-corrected chi connectivity index (χ0v) is 18.1. The van der Waals surface area contributed by atoms with E-state index < -0.39 is 0 Å². The highest BCUT2D eigenvalue weighted by atomic mass is 16.2. The second-order valence-corrected chi connectivity index (χ2v) is 9.61. The largest absolute Gasteiger partial charge is 0.347 e. The van der Waals surface area contributed by atoms with Gasteiger partial charge < -0.3 is 15.1 Å². The molecule has 0 unspecified atom stereocenters. The first-order valence-corrected chi connectivity index (χ1v) is 10.4. The molecule has 0 spiro atoms. The molecule has 1 amide bonds. The quantitative estimate of drug-likeness (QED) is 0.839. The van der Waals surface area contributed by atoms with Crippen molar-refractivity contribution in [1.29, 1.82) is 0 Å². The summed E-state index contributed by atoms with van der Waals surface area (Å²) >= 11 is 0. The third-order valence-corrected chi connectivity index (χ3v) is 5.68. The third kappa shape index (κ3) is 3.93. The highest BCUT2D eigenvalue weighted by Gasteiger charge is 2.45. The maximum atomic E-state index is 13.2. The number of anilines is 3. The number of nitrogens with one attached hydrogen (secondary N) is 1. The molecule has 0 radical (unpaired) electrons. The molecule has 6 heteroatoms. The van der Waals surface area contributed by atoms with E-state index in [2.05, 4.69) is 31.0 Å². The van der Waals surface area contributed by atoms with E-state index in [0.717, 1.165) is 42.0 Å². The Hall–Kier alpha value is -2.63. The van der Waals surface area contributed by atoms with Crippen molar-refractivity contribution in [1.82, 2.24) is 14.9 Å². The SMILES string of the molecule is CN(C)c1nc2c(c(Nc3ccccc3)n1)[C@@H]1CC[C@@H](C2)N1C(=O)CC(C)(C)C. The predicted molar refractivity (Wildman–Crippen MR) is 116 cm³/mol. The van der Waals surface area contributed by atoms with Gasteiger partial charge in [0, 0.05) is 44.2 Å². The Balaban J connectivity index is 1.75. The van der Waals surface area contributed by atoms with Crippen molar-refractivity contribution in [2.75, 3.05) is 24.3 Å². The summed E-state index contributed by atoms with van der Waals surface area (Å²) in [7, 11) is 3.93. The predicted octanol–water partition coefficient (Wildman–Crippen LogP) is 4.31. The molecule has 4 rings (SSSR count). The molecule has 0 aliphatic carbocycles. The summed E-state index contributed by atoms with van der Waals surface area (Å²) in [5.74, 6) is 1.78. The molecule has 2 aliphatic heterocycles. The van der Waals surface area contributed by atoms with Gasteiger partial charge in [0.2, 0.25) is 11.9 Å². The van der Waals surface area contributed by atoms with E-state index in [4.69, 9.17) is 9.97 Å². The lowest BCUT2D eigenvalue weighted by Crippen LogP contribution is -2.43. The van der Waals surface area contributed by atoms with E-state index in [1.54, 1.807) is 0 Å². The van der Waals surface area contributed by atoms with Crippen molar-refractivity contribution >= 4 is 23.4 Å². The zero-order valence-electron chi connectivity index (χ0n) is 18.1. The first-order chi connectivity index (χ1) is 13.7. The van der Waals surface area contributed by atoms with Crippen molar-refractivity contribution in [3.8, 4) is 0 Å². The van der Waals surface area contributed by atoms with Gasteiger partial charge in [-0.05, 0) is 30.4 Å². The number of carbonyl (C=O) groups excluding carboxylic acids is 1. The minimum absolute atomic E-state index is 0.0206. The maximum absolute atomic E-state index is 13.2. The fourth-order valence-corrected chi connectivity index (χ4v) is 4.47. The molecule has 1 saturated heterocycles. The van der Waals surface area contributed by atoms with Crippen LogP contribution in [0.4, 0.5) is 17.5 Å². The Morgan fingerprint density at radius 1 is 1.17 bits per heavy atom. The number of carbonyl (C=O) groups is 1. The number of nitrogens with zero attached hydrogens (tertiary/aromatic N) is 4. The van der Waals surface area contributed by atoms with Crippen LogP contribution in [0.15, 0.2) is 30.3 Å². The lowest BCUT2D eigenvalue weighted by molar-refractivity contribution is -0.136. The number of hydrogen-bond donors (Lipinski definition) is 1. The molecule has 6 nitrogen and oxygen atoms in total. The van der Waals surface area contributed by atoms with Gasteiger partial charge in [-0.3, -0.25) is 4.79 Å². The van der Waals surface area contributed by atoms with Crippen LogP contribution in [0.2, 0.25) is 0 Å². The maximum Gasteiger partial charge on any atom is 0.227 e. The highest BCUT2D eigenvalue weighted by Crippen LogP contribution is 2.47. The molecule has 2 bridgehead atoms. The van der Waals surface area contributed by atoms with Crippen molar-refractivity contribution in [3.63, 3.8) is 0 Å². The number of fused-ring (bicyclic) bond motifs is 4. The van der Waals surface area contributed by atoms with Gasteiger partial charge in [0.05, 0.1) is 11.7 Å². The van der Waals surface area contributed by atoms with Crippen LogP contribution in [0.3, 0.4) is 0 Å². The van der Waals surface area contributed by atoms with E-state index in [0.29, 0.717) is 12.4 Å². The van der Waals surface area contributed by atoms with Crippen LogP contribution in [0.25, 0.3) is 0 Å². The molecule has 2 atom stereocenters. The summed E-state index contributed by atoms with van der Waals surface area (Å²) in [6.45, 7) is 6.37. The van der Waals surface area contributed by atoms with Crippen LogP contribution in [0, 0.1) is 5.41 Å². The normalized spacial score (nSPS) is 20.4. The molecule has 1 aromatic heterocycles. The molecule has 0 saturated carbocycles. The lowest BCUT2D eigenvalue weighted by atomic mass is 9.90. The lowest BCUT2D eigenvalue weighted by Gasteiger charge is -2.38. The fourth-order valence-electron chi connectivity index (χ4n) is 4.47. The van der Waals surface area contributed by atoms with Crippen LogP contribution in [0.1, 0.15) is 57.3 Å². The number of rotatable bonds is 4. The first-order valence-electron chi connectivity index (χ1n) is 10.4. The van der Waals surface area contributed by atoms with Crippen LogP contribution in [-0.2, 0) is 11.2 Å². The van der Waals surface area contributed by atoms with Crippen molar-refractivity contribution in [2.45, 2.75) is 58.5 Å². The summed E-state index contributed by atoms with van der Waals surface area (Å²) in [6.07, 6.45) is 3.36. The van der Waals surface area contributed by atoms with Gasteiger partial charge in [0.15, 0.2) is 0 Å². The molecule has 29 heavy (non-hydrogen) atoms. The van der Waals surface area contributed by atoms with E-state index >= 15 is 0 Å². The van der Waals surface area contributed by atoms with Crippen molar-refractivity contribution in [3.05, 3.63) is 41.6 Å². The minimum atomic E-state index is -0.0206. The summed E-state index contributed by atoms with van der Waals surface area (Å²) in [6, 6.07) is 10.4. The number of para-hydroxylation sites is 1. The van der Waals surface area contributed by atoms with Gasteiger partial charge in [0.25, 0.3) is 0 Å². The number of amides is 1. The molecule has 2 aromatic rings. The Morgan fingerprint density at radius 2 is 1.90 bits per heavy atom. The number of aromatic nitrogens is 2. The summed E-state index contributed by atoms with van der Waals surface area (Å²) in [4.78, 5) is 26.9. The Bertz CT molecular complexity index is 903. The molecular formula is C23H31N5O. The van der Waals surface area contributed by atoms with Gasteiger partial charge >= 0.3 is 0 Å². The molecule has 154 valence electrons. The second-order valence-electron chi connectivity index (χ2n) is 9.61. The van der Waals surface area contributed by atoms with E-state index in [1.165, 1.54) is 0 Å². The van der Waals surface area contributed by atoms with Crippen molar-refractivity contribution in [2.24, 2.45) is 5.41 Å². The first kappa shape index (κ1) is 19.7. The average Bonchev–Trinajstić information content (AvgIpc) is 2.95. The van der Waals surface area contributed by atoms with Crippen molar-refractivity contribution < 1.29 is 4.79 Å². The fraction of sp³-hybridized carbons (Fsp3) is 0.522. The van der Waals surface area contributed by atoms with Gasteiger partial charge in [0.1, 0.15) is 5.82 Å². The van der Waals surface area contributed by atoms with Gasteiger partial charge in [-0.2, -0.15) is 4.98 Å². The molecule has 3 heterocycles. The summed E-state index contributed by atoms with van der Waals surface area (Å²) in [5.41, 5.74) is 3.14. The monoisotopic (exact) mass is 393 g/mol. The third-order valence-electron chi connectivity index (χ3n) is 5.68. The Morgan fingerprint density at radius 3 is 2.55 bits per heavy atom. The van der Waals surface area contributed by atoms with E-state index in [-0.39, 0.29) is 23.4 Å². The standard InChI is InChI=1S/C23H31N5O/c1-23(2,3)14-19(29)28-16-11-12-18(28)20-17(13-16)25-22(27(4)5)26-21(20)24-15-9-7-6-8-10-15/h6-10,16,18H,11-14H2,1-5H3,(H,24,25,26)/t16-,18-/m0/s1. The van der Waals surface area contributed by atoms with E-state index in [1.807, 2.05) is 49.3 Å². The molecule has 1 aromatic carbocycles. The number of hydrogen-bond acceptors (Lipinski definition) is 5. The smallest absolute Gasteiger partial charge is 0.227 e. The van der Waals surface area contributed by atoms with Crippen LogP contribution < -0.4 is 10.2 Å². The number of benzene rings is 1. The zero-order chi connectivity index (χ0) is 20.8. The minimum Gasteiger partial charge on any atom is -0.347 e. The molecule has 2 aliphatic rings. The molecule has 1 fully saturated rings. The summed E-state index contributed by atoms with van der Waals surface area (Å²) in [5, 5.41) is 3.50. The van der Waals surface area contributed by atoms with Gasteiger partial charge in [-0.1, -0.05) is 39.0 Å². The molecular weight excluding hydrogens is 362 g/mol. The Kier molecular flexibility index (Phi) is 4.97. The molecule has 1 N–H and O–H groups in total. The highest BCUT2D eigenvalue weighted by molar-refractivity contribution is 5.79. The Labute approximate surface area is 173 Å². The van der Waals surface area contributed by atoms with Crippen LogP contribution in [0.5, 0.6) is 0 Å². The van der Waals surface area contributed by atoms with E-state index in [9.17, 15) is 4.79 Å². The van der Waals surface area contributed by atoms with Gasteiger partial charge in [-0.25, -0.2) is 4.98 Å². The second kappa shape index (κ2) is 7.32. The van der Waals surface area contributed by atoms with Gasteiger partial charge in [-0.15, -0.1) is 0 Å². The van der Waals surface area contributed by atoms with Crippen LogP contribution in [-0.4, -0.2) is 40.9 Å². The average molecular weight is 394 g/mol. The van der Waals surface area contributed by atoms with Crippen LogP contribution >= 0.6 is 0 Å². The topological polar surface area (TPSA) is 61.4 Å².